The summed E-state index contributed by atoms with van der Waals surface area (Å²) in [6, 6.07) is 7.63. The van der Waals surface area contributed by atoms with Gasteiger partial charge in [-0.2, -0.15) is 0 Å². The van der Waals surface area contributed by atoms with E-state index in [0.717, 1.165) is 11.1 Å². The molecule has 1 aliphatic heterocycles. The quantitative estimate of drug-likeness (QED) is 0.869. The molecule has 20 heavy (non-hydrogen) atoms. The maximum Gasteiger partial charge on any atom is 0.329 e. The molecule has 2 rings (SSSR count). The van der Waals surface area contributed by atoms with Crippen molar-refractivity contribution in [2.45, 2.75) is 31.7 Å². The van der Waals surface area contributed by atoms with Gasteiger partial charge in [0.2, 0.25) is 5.91 Å². The smallest absolute Gasteiger partial charge is 0.329 e. The minimum Gasteiger partial charge on any atom is -0.480 e. The van der Waals surface area contributed by atoms with Crippen LogP contribution in [0.15, 0.2) is 24.3 Å². The predicted molar refractivity (Wildman–Crippen MR) is 73.4 cm³/mol. The Hall–Kier alpha value is -1.88. The summed E-state index contributed by atoms with van der Waals surface area (Å²) >= 11 is 0. The minimum atomic E-state index is -1.18. The number of ether oxygens (including phenoxy) is 1. The van der Waals surface area contributed by atoms with Gasteiger partial charge in [-0.3, -0.25) is 4.79 Å². The molecule has 0 bridgehead atoms. The lowest BCUT2D eigenvalue weighted by atomic mass is 9.90. The molecule has 108 valence electrons. The van der Waals surface area contributed by atoms with Gasteiger partial charge in [0.1, 0.15) is 5.54 Å². The van der Waals surface area contributed by atoms with E-state index >= 15 is 0 Å². The van der Waals surface area contributed by atoms with Gasteiger partial charge in [-0.1, -0.05) is 29.8 Å². The van der Waals surface area contributed by atoms with E-state index in [2.05, 4.69) is 5.32 Å². The summed E-state index contributed by atoms with van der Waals surface area (Å²) < 4.78 is 5.17. The van der Waals surface area contributed by atoms with E-state index in [1.54, 1.807) is 0 Å². The molecule has 0 radical (unpaired) electrons. The fourth-order valence-electron chi connectivity index (χ4n) is 2.31. The number of carboxylic acid groups (broad SMARTS) is 1. The number of aliphatic carboxylic acids is 1. The average molecular weight is 277 g/mol. The van der Waals surface area contributed by atoms with Crippen molar-refractivity contribution in [3.05, 3.63) is 35.4 Å². The van der Waals surface area contributed by atoms with Crippen molar-refractivity contribution < 1.29 is 19.4 Å². The van der Waals surface area contributed by atoms with Crippen molar-refractivity contribution >= 4 is 11.9 Å². The van der Waals surface area contributed by atoms with Crippen LogP contribution in [0.2, 0.25) is 0 Å². The summed E-state index contributed by atoms with van der Waals surface area (Å²) in [7, 11) is 0. The third-order valence-electron chi connectivity index (χ3n) is 3.62. The van der Waals surface area contributed by atoms with E-state index in [1.807, 2.05) is 31.2 Å². The van der Waals surface area contributed by atoms with Crippen LogP contribution in [0.25, 0.3) is 0 Å². The first kappa shape index (κ1) is 14.5. The third kappa shape index (κ3) is 3.36. The van der Waals surface area contributed by atoms with Gasteiger partial charge in [0.25, 0.3) is 0 Å². The van der Waals surface area contributed by atoms with E-state index in [1.165, 1.54) is 0 Å². The summed E-state index contributed by atoms with van der Waals surface area (Å²) in [5, 5.41) is 12.0. The first-order valence-electron chi connectivity index (χ1n) is 6.69. The van der Waals surface area contributed by atoms with Crippen LogP contribution in [0, 0.1) is 6.92 Å². The highest BCUT2D eigenvalue weighted by atomic mass is 16.5. The van der Waals surface area contributed by atoms with Crippen molar-refractivity contribution in [3.8, 4) is 0 Å². The molecule has 0 aliphatic carbocycles. The van der Waals surface area contributed by atoms with Gasteiger partial charge in [0, 0.05) is 26.1 Å². The summed E-state index contributed by atoms with van der Waals surface area (Å²) in [5.74, 6) is -1.25. The number of rotatable bonds is 4. The molecule has 0 spiro atoms. The highest BCUT2D eigenvalue weighted by Gasteiger charge is 2.41. The number of amides is 1. The lowest BCUT2D eigenvalue weighted by Crippen LogP contribution is -2.57. The van der Waals surface area contributed by atoms with E-state index < -0.39 is 11.5 Å². The molecule has 2 N–H and O–H groups in total. The Morgan fingerprint density at radius 3 is 2.40 bits per heavy atom. The topological polar surface area (TPSA) is 75.6 Å². The van der Waals surface area contributed by atoms with Crippen molar-refractivity contribution in [2.75, 3.05) is 13.2 Å². The van der Waals surface area contributed by atoms with E-state index in [-0.39, 0.29) is 12.3 Å². The van der Waals surface area contributed by atoms with Gasteiger partial charge in [-0.25, -0.2) is 4.79 Å². The van der Waals surface area contributed by atoms with Crippen LogP contribution < -0.4 is 5.32 Å². The largest absolute Gasteiger partial charge is 0.480 e. The summed E-state index contributed by atoms with van der Waals surface area (Å²) in [4.78, 5) is 23.5. The SMILES string of the molecule is Cc1ccc(CC(=O)NC2(C(=O)O)CCOCC2)cc1. The Morgan fingerprint density at radius 2 is 1.85 bits per heavy atom. The summed E-state index contributed by atoms with van der Waals surface area (Å²) in [6.45, 7) is 2.69. The first-order chi connectivity index (χ1) is 9.52. The molecule has 1 fully saturated rings. The van der Waals surface area contributed by atoms with Crippen LogP contribution in [-0.2, 0) is 20.7 Å². The Kier molecular flexibility index (Phi) is 4.39. The monoisotopic (exact) mass is 277 g/mol. The molecular weight excluding hydrogens is 258 g/mol. The zero-order valence-electron chi connectivity index (χ0n) is 11.5. The van der Waals surface area contributed by atoms with Crippen molar-refractivity contribution in [2.24, 2.45) is 0 Å². The van der Waals surface area contributed by atoms with Crippen molar-refractivity contribution in [1.82, 2.24) is 5.32 Å². The maximum atomic E-state index is 12.1. The number of hydrogen-bond donors (Lipinski definition) is 2. The average Bonchev–Trinajstić information content (AvgIpc) is 2.42. The number of carbonyl (C=O) groups is 2. The molecule has 5 heteroatoms. The summed E-state index contributed by atoms with van der Waals surface area (Å²) in [6.07, 6.45) is 0.806. The molecule has 0 atom stereocenters. The number of benzene rings is 1. The number of aryl methyl sites for hydroxylation is 1. The molecule has 0 saturated carbocycles. The van der Waals surface area contributed by atoms with E-state index in [0.29, 0.717) is 26.1 Å². The molecule has 1 aromatic rings. The van der Waals surface area contributed by atoms with Gasteiger partial charge in [-0.15, -0.1) is 0 Å². The second-order valence-electron chi connectivity index (χ2n) is 5.21. The second-order valence-corrected chi connectivity index (χ2v) is 5.21. The van der Waals surface area contributed by atoms with Crippen LogP contribution in [0.3, 0.4) is 0 Å². The van der Waals surface area contributed by atoms with E-state index in [9.17, 15) is 14.7 Å². The predicted octanol–water partition coefficient (Wildman–Crippen LogP) is 1.29. The van der Waals surface area contributed by atoms with Gasteiger partial charge >= 0.3 is 5.97 Å². The zero-order chi connectivity index (χ0) is 14.6. The fourth-order valence-corrected chi connectivity index (χ4v) is 2.31. The normalized spacial score (nSPS) is 17.4. The number of nitrogens with one attached hydrogen (secondary N) is 1. The highest BCUT2D eigenvalue weighted by molar-refractivity contribution is 5.88. The molecule has 1 saturated heterocycles. The number of hydrogen-bond acceptors (Lipinski definition) is 3. The molecular formula is C15H19NO4. The van der Waals surface area contributed by atoms with Gasteiger partial charge < -0.3 is 15.2 Å². The Balaban J connectivity index is 2.01. The Labute approximate surface area is 117 Å². The van der Waals surface area contributed by atoms with Crippen LogP contribution in [0.1, 0.15) is 24.0 Å². The fraction of sp³-hybridized carbons (Fsp3) is 0.467. The molecule has 0 aromatic heterocycles. The van der Waals surface area contributed by atoms with Crippen LogP contribution in [-0.4, -0.2) is 35.7 Å². The molecule has 1 aliphatic rings. The lowest BCUT2D eigenvalue weighted by Gasteiger charge is -2.33. The standard InChI is InChI=1S/C15H19NO4/c1-11-2-4-12(5-3-11)10-13(17)16-15(14(18)19)6-8-20-9-7-15/h2-5H,6-10H2,1H3,(H,16,17)(H,18,19). The molecule has 1 amide bonds. The van der Waals surface area contributed by atoms with Crippen molar-refractivity contribution in [1.29, 1.82) is 0 Å². The first-order valence-corrected chi connectivity index (χ1v) is 6.69. The Bertz CT molecular complexity index is 489. The van der Waals surface area contributed by atoms with Gasteiger partial charge in [-0.05, 0) is 12.5 Å². The molecule has 1 heterocycles. The van der Waals surface area contributed by atoms with E-state index in [4.69, 9.17) is 4.74 Å². The van der Waals surface area contributed by atoms with Gasteiger partial charge in [0.15, 0.2) is 0 Å². The van der Waals surface area contributed by atoms with Crippen LogP contribution in [0.4, 0.5) is 0 Å². The van der Waals surface area contributed by atoms with Crippen LogP contribution >= 0.6 is 0 Å². The number of carboxylic acids is 1. The summed E-state index contributed by atoms with van der Waals surface area (Å²) in [5.41, 5.74) is 0.821. The van der Waals surface area contributed by atoms with Crippen LogP contribution in [0.5, 0.6) is 0 Å². The highest BCUT2D eigenvalue weighted by Crippen LogP contribution is 2.21. The number of carbonyl (C=O) groups excluding carboxylic acids is 1. The maximum absolute atomic E-state index is 12.1. The third-order valence-corrected chi connectivity index (χ3v) is 3.62. The zero-order valence-corrected chi connectivity index (χ0v) is 11.5. The second kappa shape index (κ2) is 6.05. The molecule has 0 unspecified atom stereocenters. The minimum absolute atomic E-state index is 0.191. The van der Waals surface area contributed by atoms with Crippen molar-refractivity contribution in [3.63, 3.8) is 0 Å². The Morgan fingerprint density at radius 1 is 1.25 bits per heavy atom. The molecule has 1 aromatic carbocycles. The van der Waals surface area contributed by atoms with Gasteiger partial charge in [0.05, 0.1) is 6.42 Å². The lowest BCUT2D eigenvalue weighted by molar-refractivity contribution is -0.152. The molecule has 5 nitrogen and oxygen atoms in total.